The first kappa shape index (κ1) is 10.2. The van der Waals surface area contributed by atoms with Crippen LogP contribution in [0.2, 0.25) is 10.0 Å². The minimum Gasteiger partial charge on any atom is -0.505 e. The molecule has 0 unspecified atom stereocenters. The van der Waals surface area contributed by atoms with Gasteiger partial charge in [-0.15, -0.1) is 0 Å². The molecule has 66 valence electrons. The molecule has 0 aromatic heterocycles. The number of halogens is 3. The van der Waals surface area contributed by atoms with Crippen LogP contribution in [0.3, 0.4) is 0 Å². The molecule has 0 spiro atoms. The number of rotatable bonds is 2. The van der Waals surface area contributed by atoms with Crippen LogP contribution in [0.1, 0.15) is 5.56 Å². The molecule has 0 aliphatic heterocycles. The Labute approximate surface area is 89.4 Å². The van der Waals surface area contributed by atoms with Crippen LogP contribution in [-0.2, 0) is 6.42 Å². The van der Waals surface area contributed by atoms with Gasteiger partial charge in [-0.05, 0) is 18.1 Å². The summed E-state index contributed by atoms with van der Waals surface area (Å²) in [6.45, 7) is 0. The van der Waals surface area contributed by atoms with Crippen molar-refractivity contribution in [3.63, 3.8) is 0 Å². The van der Waals surface area contributed by atoms with E-state index in [-0.39, 0.29) is 5.75 Å². The van der Waals surface area contributed by atoms with Gasteiger partial charge in [-0.3, -0.25) is 0 Å². The van der Waals surface area contributed by atoms with Gasteiger partial charge in [0.1, 0.15) is 0 Å². The molecule has 12 heavy (non-hydrogen) atoms. The second kappa shape index (κ2) is 4.35. The molecular weight excluding hydrogens is 263 g/mol. The van der Waals surface area contributed by atoms with Gasteiger partial charge in [-0.25, -0.2) is 0 Å². The van der Waals surface area contributed by atoms with Crippen LogP contribution in [0.4, 0.5) is 0 Å². The van der Waals surface area contributed by atoms with Crippen LogP contribution in [0.25, 0.3) is 0 Å². The van der Waals surface area contributed by atoms with Crippen LogP contribution in [0, 0.1) is 0 Å². The third-order valence-corrected chi connectivity index (χ3v) is 2.63. The molecule has 0 atom stereocenters. The topological polar surface area (TPSA) is 20.2 Å². The maximum atomic E-state index is 9.33. The van der Waals surface area contributed by atoms with E-state index in [0.29, 0.717) is 10.0 Å². The van der Waals surface area contributed by atoms with E-state index in [0.717, 1.165) is 17.3 Å². The smallest absolute Gasteiger partial charge is 0.153 e. The Morgan fingerprint density at radius 2 is 2.00 bits per heavy atom. The number of phenolic OH excluding ortho intramolecular Hbond substituents is 1. The molecule has 0 aliphatic carbocycles. The zero-order valence-electron chi connectivity index (χ0n) is 6.15. The van der Waals surface area contributed by atoms with Crippen molar-refractivity contribution in [2.75, 3.05) is 5.33 Å². The first-order valence-corrected chi connectivity index (χ1v) is 5.26. The van der Waals surface area contributed by atoms with Crippen LogP contribution in [0.15, 0.2) is 12.1 Å². The molecule has 1 nitrogen and oxygen atoms in total. The van der Waals surface area contributed by atoms with Gasteiger partial charge < -0.3 is 5.11 Å². The van der Waals surface area contributed by atoms with Gasteiger partial charge in [0.25, 0.3) is 0 Å². The van der Waals surface area contributed by atoms with Crippen molar-refractivity contribution in [2.45, 2.75) is 6.42 Å². The number of aromatic hydroxyl groups is 1. The molecular formula is C8H7BrCl2O. The van der Waals surface area contributed by atoms with Gasteiger partial charge in [0.15, 0.2) is 5.75 Å². The predicted octanol–water partition coefficient (Wildman–Crippen LogP) is 3.64. The number of benzene rings is 1. The monoisotopic (exact) mass is 268 g/mol. The van der Waals surface area contributed by atoms with Crippen molar-refractivity contribution in [3.05, 3.63) is 27.7 Å². The lowest BCUT2D eigenvalue weighted by Gasteiger charge is -2.04. The average Bonchev–Trinajstić information content (AvgIpc) is 2.07. The van der Waals surface area contributed by atoms with E-state index in [4.69, 9.17) is 23.2 Å². The van der Waals surface area contributed by atoms with Gasteiger partial charge in [-0.1, -0.05) is 45.2 Å². The Morgan fingerprint density at radius 1 is 1.33 bits per heavy atom. The van der Waals surface area contributed by atoms with E-state index in [1.807, 2.05) is 6.07 Å². The SMILES string of the molecule is Oc1c(Cl)ccc(CCBr)c1Cl. The zero-order valence-corrected chi connectivity index (χ0v) is 9.25. The Bertz CT molecular complexity index is 289. The number of hydrogen-bond donors (Lipinski definition) is 1. The number of hydrogen-bond acceptors (Lipinski definition) is 1. The van der Waals surface area contributed by atoms with Crippen molar-refractivity contribution >= 4 is 39.1 Å². The highest BCUT2D eigenvalue weighted by molar-refractivity contribution is 9.09. The standard InChI is InChI=1S/C8H7BrCl2O/c9-4-3-5-1-2-6(10)8(12)7(5)11/h1-2,12H,3-4H2. The summed E-state index contributed by atoms with van der Waals surface area (Å²) in [6, 6.07) is 3.45. The zero-order chi connectivity index (χ0) is 9.14. The van der Waals surface area contributed by atoms with Gasteiger partial charge in [0, 0.05) is 5.33 Å². The quantitative estimate of drug-likeness (QED) is 0.813. The molecule has 0 saturated carbocycles. The third kappa shape index (κ3) is 2.06. The molecule has 1 aromatic rings. The first-order chi connectivity index (χ1) is 5.66. The molecule has 1 aromatic carbocycles. The summed E-state index contributed by atoms with van der Waals surface area (Å²) < 4.78 is 0. The fourth-order valence-corrected chi connectivity index (χ4v) is 1.77. The summed E-state index contributed by atoms with van der Waals surface area (Å²) >= 11 is 14.8. The van der Waals surface area contributed by atoms with Gasteiger partial charge >= 0.3 is 0 Å². The Morgan fingerprint density at radius 3 is 2.58 bits per heavy atom. The Kier molecular flexibility index (Phi) is 3.69. The average molecular weight is 270 g/mol. The highest BCUT2D eigenvalue weighted by Gasteiger charge is 2.07. The molecule has 1 N–H and O–H groups in total. The first-order valence-electron chi connectivity index (χ1n) is 3.38. The molecule has 0 bridgehead atoms. The molecule has 0 radical (unpaired) electrons. The summed E-state index contributed by atoms with van der Waals surface area (Å²) in [5.74, 6) is -0.0308. The van der Waals surface area contributed by atoms with Crippen LogP contribution < -0.4 is 0 Å². The van der Waals surface area contributed by atoms with Gasteiger partial charge in [-0.2, -0.15) is 0 Å². The van der Waals surface area contributed by atoms with Gasteiger partial charge in [0.05, 0.1) is 10.0 Å². The van der Waals surface area contributed by atoms with E-state index >= 15 is 0 Å². The van der Waals surface area contributed by atoms with Crippen molar-refractivity contribution in [1.82, 2.24) is 0 Å². The van der Waals surface area contributed by atoms with Crippen LogP contribution >= 0.6 is 39.1 Å². The summed E-state index contributed by atoms with van der Waals surface area (Å²) in [5, 5.41) is 10.8. The largest absolute Gasteiger partial charge is 0.505 e. The Balaban J connectivity index is 3.08. The van der Waals surface area contributed by atoms with Crippen molar-refractivity contribution < 1.29 is 5.11 Å². The molecule has 0 amide bonds. The third-order valence-electron chi connectivity index (χ3n) is 1.51. The molecule has 0 saturated heterocycles. The molecule has 1 rings (SSSR count). The Hall–Kier alpha value is 0.0800. The van der Waals surface area contributed by atoms with Crippen LogP contribution in [-0.4, -0.2) is 10.4 Å². The lowest BCUT2D eigenvalue weighted by Crippen LogP contribution is -1.87. The van der Waals surface area contributed by atoms with E-state index < -0.39 is 0 Å². The van der Waals surface area contributed by atoms with E-state index in [2.05, 4.69) is 15.9 Å². The van der Waals surface area contributed by atoms with Crippen molar-refractivity contribution in [1.29, 1.82) is 0 Å². The van der Waals surface area contributed by atoms with E-state index in [9.17, 15) is 5.11 Å². The normalized spacial score (nSPS) is 10.2. The predicted molar refractivity (Wildman–Crippen MR) is 55.6 cm³/mol. The van der Waals surface area contributed by atoms with E-state index in [1.165, 1.54) is 0 Å². The molecule has 0 fully saturated rings. The fourth-order valence-electron chi connectivity index (χ4n) is 0.878. The minimum atomic E-state index is -0.0308. The maximum absolute atomic E-state index is 9.33. The van der Waals surface area contributed by atoms with Crippen molar-refractivity contribution in [2.24, 2.45) is 0 Å². The molecule has 4 heteroatoms. The maximum Gasteiger partial charge on any atom is 0.153 e. The van der Waals surface area contributed by atoms with E-state index in [1.54, 1.807) is 6.07 Å². The minimum absolute atomic E-state index is 0.0308. The molecule has 0 heterocycles. The lowest BCUT2D eigenvalue weighted by atomic mass is 10.1. The summed E-state index contributed by atoms with van der Waals surface area (Å²) in [7, 11) is 0. The highest BCUT2D eigenvalue weighted by atomic mass is 79.9. The summed E-state index contributed by atoms with van der Waals surface area (Å²) in [5.41, 5.74) is 0.899. The summed E-state index contributed by atoms with van der Waals surface area (Å²) in [6.07, 6.45) is 0.781. The van der Waals surface area contributed by atoms with Crippen molar-refractivity contribution in [3.8, 4) is 5.75 Å². The van der Waals surface area contributed by atoms with Gasteiger partial charge in [0.2, 0.25) is 0 Å². The number of phenols is 1. The highest BCUT2D eigenvalue weighted by Crippen LogP contribution is 2.34. The second-order valence-corrected chi connectivity index (χ2v) is 3.89. The summed E-state index contributed by atoms with van der Waals surface area (Å²) in [4.78, 5) is 0. The fraction of sp³-hybridized carbons (Fsp3) is 0.250. The number of aryl methyl sites for hydroxylation is 1. The molecule has 0 aliphatic rings. The number of alkyl halides is 1. The van der Waals surface area contributed by atoms with Crippen LogP contribution in [0.5, 0.6) is 5.75 Å². The second-order valence-electron chi connectivity index (χ2n) is 2.31. The lowest BCUT2D eigenvalue weighted by molar-refractivity contribution is 0.475.